The van der Waals surface area contributed by atoms with Crippen molar-refractivity contribution in [1.29, 1.82) is 0 Å². The Bertz CT molecular complexity index is 250. The maximum atomic E-state index is 11.7. The molecule has 0 aromatic heterocycles. The minimum atomic E-state index is -0.192. The van der Waals surface area contributed by atoms with E-state index in [2.05, 4.69) is 10.6 Å². The molecule has 0 aromatic rings. The van der Waals surface area contributed by atoms with E-state index in [1.54, 1.807) is 0 Å². The van der Waals surface area contributed by atoms with Gasteiger partial charge in [0, 0.05) is 25.7 Å². The summed E-state index contributed by atoms with van der Waals surface area (Å²) in [7, 11) is 0. The van der Waals surface area contributed by atoms with Gasteiger partial charge < -0.3 is 15.4 Å². The van der Waals surface area contributed by atoms with Crippen LogP contribution >= 0.6 is 12.4 Å². The molecule has 1 saturated carbocycles. The number of amides is 1. The summed E-state index contributed by atoms with van der Waals surface area (Å²) in [5.41, 5.74) is 0. The van der Waals surface area contributed by atoms with Crippen LogP contribution in [0.3, 0.4) is 0 Å². The summed E-state index contributed by atoms with van der Waals surface area (Å²) >= 11 is 0. The van der Waals surface area contributed by atoms with Crippen molar-refractivity contribution in [3.05, 3.63) is 0 Å². The second-order valence-corrected chi connectivity index (χ2v) is 5.44. The van der Waals surface area contributed by atoms with E-state index in [-0.39, 0.29) is 24.4 Å². The molecule has 1 heterocycles. The van der Waals surface area contributed by atoms with Crippen molar-refractivity contribution in [2.24, 2.45) is 0 Å². The first-order valence-electron chi connectivity index (χ1n) is 7.49. The van der Waals surface area contributed by atoms with Gasteiger partial charge in [-0.2, -0.15) is 0 Å². The van der Waals surface area contributed by atoms with Crippen molar-refractivity contribution >= 4 is 18.3 Å². The van der Waals surface area contributed by atoms with E-state index in [0.29, 0.717) is 6.04 Å². The Kier molecular flexibility index (Phi) is 8.42. The molecule has 1 aliphatic heterocycles. The van der Waals surface area contributed by atoms with Crippen LogP contribution in [-0.2, 0) is 9.53 Å². The molecule has 19 heavy (non-hydrogen) atoms. The quantitative estimate of drug-likeness (QED) is 0.602. The van der Waals surface area contributed by atoms with Crippen LogP contribution in [-0.4, -0.2) is 37.7 Å². The van der Waals surface area contributed by atoms with Gasteiger partial charge in [-0.3, -0.25) is 4.79 Å². The Morgan fingerprint density at radius 1 is 1.00 bits per heavy atom. The molecular weight excluding hydrogens is 264 g/mol. The molecule has 0 bridgehead atoms. The van der Waals surface area contributed by atoms with E-state index >= 15 is 0 Å². The fraction of sp³-hybridized carbons (Fsp3) is 0.929. The van der Waals surface area contributed by atoms with Crippen molar-refractivity contribution in [1.82, 2.24) is 10.6 Å². The van der Waals surface area contributed by atoms with E-state index in [1.165, 1.54) is 38.5 Å². The van der Waals surface area contributed by atoms with E-state index < -0.39 is 0 Å². The van der Waals surface area contributed by atoms with Gasteiger partial charge in [0.1, 0.15) is 6.10 Å². The van der Waals surface area contributed by atoms with Gasteiger partial charge in [-0.25, -0.2) is 0 Å². The van der Waals surface area contributed by atoms with Crippen molar-refractivity contribution < 1.29 is 9.53 Å². The molecule has 2 aliphatic rings. The van der Waals surface area contributed by atoms with Crippen LogP contribution < -0.4 is 10.6 Å². The molecule has 0 aromatic carbocycles. The molecule has 112 valence electrons. The standard InChI is InChI=1S/C14H26N2O2.ClH/c17-14(13-8-5-11-18-13)16-10-9-15-12-6-3-1-2-4-7-12;/h12-13,15H,1-11H2,(H,16,17);1H/t13-;/m1./s1. The SMILES string of the molecule is Cl.O=C(NCCNC1CCCCCC1)[C@H]1CCCO1. The molecule has 2 fully saturated rings. The summed E-state index contributed by atoms with van der Waals surface area (Å²) < 4.78 is 5.35. The monoisotopic (exact) mass is 290 g/mol. The lowest BCUT2D eigenvalue weighted by molar-refractivity contribution is -0.129. The molecule has 1 amide bonds. The third-order valence-corrected chi connectivity index (χ3v) is 3.93. The summed E-state index contributed by atoms with van der Waals surface area (Å²) in [4.78, 5) is 11.7. The van der Waals surface area contributed by atoms with Gasteiger partial charge in [-0.1, -0.05) is 25.7 Å². The molecule has 0 spiro atoms. The van der Waals surface area contributed by atoms with Crippen LogP contribution in [0.2, 0.25) is 0 Å². The maximum Gasteiger partial charge on any atom is 0.249 e. The van der Waals surface area contributed by atoms with Crippen molar-refractivity contribution in [3.8, 4) is 0 Å². The van der Waals surface area contributed by atoms with E-state index in [1.807, 2.05) is 0 Å². The number of halogens is 1. The molecule has 1 aliphatic carbocycles. The maximum absolute atomic E-state index is 11.7. The molecule has 1 saturated heterocycles. The molecule has 2 rings (SSSR count). The van der Waals surface area contributed by atoms with Gasteiger partial charge in [-0.05, 0) is 25.7 Å². The molecule has 2 N–H and O–H groups in total. The van der Waals surface area contributed by atoms with E-state index in [0.717, 1.165) is 32.5 Å². The fourth-order valence-electron chi connectivity index (χ4n) is 2.84. The third-order valence-electron chi connectivity index (χ3n) is 3.93. The lowest BCUT2D eigenvalue weighted by Gasteiger charge is -2.17. The Labute approximate surface area is 122 Å². The van der Waals surface area contributed by atoms with Gasteiger partial charge in [0.25, 0.3) is 0 Å². The zero-order valence-electron chi connectivity index (χ0n) is 11.7. The van der Waals surface area contributed by atoms with E-state index in [9.17, 15) is 4.79 Å². The summed E-state index contributed by atoms with van der Waals surface area (Å²) in [5, 5.41) is 6.51. The normalized spacial score (nSPS) is 24.5. The smallest absolute Gasteiger partial charge is 0.249 e. The van der Waals surface area contributed by atoms with Crippen molar-refractivity contribution in [2.75, 3.05) is 19.7 Å². The largest absolute Gasteiger partial charge is 0.368 e. The number of carbonyl (C=O) groups excluding carboxylic acids is 1. The van der Waals surface area contributed by atoms with Crippen LogP contribution in [0.25, 0.3) is 0 Å². The second-order valence-electron chi connectivity index (χ2n) is 5.44. The third kappa shape index (κ3) is 6.11. The van der Waals surface area contributed by atoms with Crippen LogP contribution in [0.4, 0.5) is 0 Å². The van der Waals surface area contributed by atoms with Gasteiger partial charge in [-0.15, -0.1) is 12.4 Å². The lowest BCUT2D eigenvalue weighted by atomic mass is 10.1. The first kappa shape index (κ1) is 16.7. The highest BCUT2D eigenvalue weighted by atomic mass is 35.5. The zero-order chi connectivity index (χ0) is 12.6. The Hall–Kier alpha value is -0.320. The van der Waals surface area contributed by atoms with Crippen LogP contribution in [0.1, 0.15) is 51.4 Å². The predicted molar refractivity (Wildman–Crippen MR) is 78.7 cm³/mol. The number of rotatable bonds is 5. The average molecular weight is 291 g/mol. The first-order chi connectivity index (χ1) is 8.86. The number of carbonyl (C=O) groups is 1. The molecule has 5 heteroatoms. The highest BCUT2D eigenvalue weighted by Gasteiger charge is 2.22. The number of hydrogen-bond donors (Lipinski definition) is 2. The van der Waals surface area contributed by atoms with Crippen molar-refractivity contribution in [2.45, 2.75) is 63.5 Å². The Morgan fingerprint density at radius 2 is 1.74 bits per heavy atom. The molecule has 1 atom stereocenters. The van der Waals surface area contributed by atoms with Crippen LogP contribution in [0, 0.1) is 0 Å². The fourth-order valence-corrected chi connectivity index (χ4v) is 2.84. The molecule has 0 unspecified atom stereocenters. The molecule has 4 nitrogen and oxygen atoms in total. The van der Waals surface area contributed by atoms with Gasteiger partial charge >= 0.3 is 0 Å². The number of hydrogen-bond acceptors (Lipinski definition) is 3. The summed E-state index contributed by atoms with van der Waals surface area (Å²) in [6.07, 6.45) is 9.74. The van der Waals surface area contributed by atoms with Gasteiger partial charge in [0.15, 0.2) is 0 Å². The molecular formula is C14H27ClN2O2. The van der Waals surface area contributed by atoms with Crippen LogP contribution in [0.15, 0.2) is 0 Å². The second kappa shape index (κ2) is 9.56. The zero-order valence-corrected chi connectivity index (χ0v) is 12.5. The summed E-state index contributed by atoms with van der Waals surface area (Å²) in [6.45, 7) is 2.33. The Balaban J connectivity index is 0.00000180. The van der Waals surface area contributed by atoms with Gasteiger partial charge in [0.2, 0.25) is 5.91 Å². The summed E-state index contributed by atoms with van der Waals surface area (Å²) in [6, 6.07) is 0.659. The number of nitrogens with one attached hydrogen (secondary N) is 2. The average Bonchev–Trinajstić information content (AvgIpc) is 2.80. The molecule has 0 radical (unpaired) electrons. The summed E-state index contributed by atoms with van der Waals surface area (Å²) in [5.74, 6) is 0.0650. The minimum Gasteiger partial charge on any atom is -0.368 e. The number of ether oxygens (including phenoxy) is 1. The Morgan fingerprint density at radius 3 is 2.37 bits per heavy atom. The topological polar surface area (TPSA) is 50.4 Å². The first-order valence-corrected chi connectivity index (χ1v) is 7.49. The van der Waals surface area contributed by atoms with Crippen molar-refractivity contribution in [3.63, 3.8) is 0 Å². The minimum absolute atomic E-state index is 0. The van der Waals surface area contributed by atoms with Gasteiger partial charge in [0.05, 0.1) is 0 Å². The van der Waals surface area contributed by atoms with E-state index in [4.69, 9.17) is 4.74 Å². The predicted octanol–water partition coefficient (Wildman–Crippen LogP) is 2.02. The lowest BCUT2D eigenvalue weighted by Crippen LogP contribution is -2.40. The highest BCUT2D eigenvalue weighted by molar-refractivity contribution is 5.85. The van der Waals surface area contributed by atoms with Crippen LogP contribution in [0.5, 0.6) is 0 Å². The highest BCUT2D eigenvalue weighted by Crippen LogP contribution is 2.16.